The van der Waals surface area contributed by atoms with Crippen molar-refractivity contribution < 1.29 is 9.13 Å². The maximum Gasteiger partial charge on any atom is 0.123 e. The molecule has 2 rings (SSSR count). The Morgan fingerprint density at radius 3 is 2.61 bits per heavy atom. The minimum absolute atomic E-state index is 0.264. The van der Waals surface area contributed by atoms with Gasteiger partial charge in [-0.25, -0.2) is 4.39 Å². The van der Waals surface area contributed by atoms with E-state index in [0.717, 1.165) is 11.3 Å². The maximum absolute atomic E-state index is 13.1. The van der Waals surface area contributed by atoms with E-state index in [4.69, 9.17) is 16.3 Å². The van der Waals surface area contributed by atoms with E-state index in [1.807, 2.05) is 32.0 Å². The van der Waals surface area contributed by atoms with E-state index >= 15 is 0 Å². The third-order valence-electron chi connectivity index (χ3n) is 2.72. The van der Waals surface area contributed by atoms with Gasteiger partial charge in [-0.15, -0.1) is 0 Å². The Bertz CT molecular complexity index is 566. The molecule has 0 N–H and O–H groups in total. The number of halogens is 2. The smallest absolute Gasteiger partial charge is 0.123 e. The quantitative estimate of drug-likeness (QED) is 0.782. The van der Waals surface area contributed by atoms with Crippen molar-refractivity contribution in [3.63, 3.8) is 0 Å². The molecule has 3 heteroatoms. The van der Waals surface area contributed by atoms with Gasteiger partial charge in [0.25, 0.3) is 0 Å². The lowest BCUT2D eigenvalue weighted by Crippen LogP contribution is -1.98. The van der Waals surface area contributed by atoms with Crippen molar-refractivity contribution in [2.24, 2.45) is 0 Å². The first kappa shape index (κ1) is 12.9. The lowest BCUT2D eigenvalue weighted by molar-refractivity contribution is 0.303. The largest absolute Gasteiger partial charge is 0.489 e. The van der Waals surface area contributed by atoms with Crippen LogP contribution < -0.4 is 4.74 Å². The fraction of sp³-hybridized carbons (Fsp3) is 0.200. The molecule has 0 unspecified atom stereocenters. The number of hydrogen-bond acceptors (Lipinski definition) is 1. The van der Waals surface area contributed by atoms with Crippen molar-refractivity contribution in [2.75, 3.05) is 0 Å². The Morgan fingerprint density at radius 1 is 1.11 bits per heavy atom. The van der Waals surface area contributed by atoms with Gasteiger partial charge in [0.1, 0.15) is 18.2 Å². The molecule has 0 saturated carbocycles. The van der Waals surface area contributed by atoms with Crippen LogP contribution in [-0.2, 0) is 6.61 Å². The van der Waals surface area contributed by atoms with Crippen LogP contribution in [0.1, 0.15) is 16.7 Å². The molecule has 1 nitrogen and oxygen atoms in total. The summed E-state index contributed by atoms with van der Waals surface area (Å²) in [4.78, 5) is 0. The molecule has 0 radical (unpaired) electrons. The second kappa shape index (κ2) is 5.40. The van der Waals surface area contributed by atoms with E-state index in [-0.39, 0.29) is 12.4 Å². The number of aryl methyl sites for hydroxylation is 2. The normalized spacial score (nSPS) is 10.4. The van der Waals surface area contributed by atoms with Crippen LogP contribution in [0.2, 0.25) is 5.02 Å². The van der Waals surface area contributed by atoms with Crippen LogP contribution in [0.3, 0.4) is 0 Å². The van der Waals surface area contributed by atoms with Gasteiger partial charge in [0.2, 0.25) is 0 Å². The van der Waals surface area contributed by atoms with E-state index < -0.39 is 0 Å². The molecule has 0 aliphatic carbocycles. The second-order valence-corrected chi connectivity index (χ2v) is 4.70. The van der Waals surface area contributed by atoms with Crippen LogP contribution >= 0.6 is 11.6 Å². The maximum atomic E-state index is 13.1. The van der Waals surface area contributed by atoms with Crippen LogP contribution in [0.4, 0.5) is 4.39 Å². The molecule has 0 aliphatic rings. The van der Waals surface area contributed by atoms with Crippen LogP contribution in [-0.4, -0.2) is 0 Å². The van der Waals surface area contributed by atoms with E-state index in [2.05, 4.69) is 0 Å². The molecular weight excluding hydrogens is 251 g/mol. The minimum Gasteiger partial charge on any atom is -0.489 e. The van der Waals surface area contributed by atoms with Crippen molar-refractivity contribution in [3.05, 3.63) is 63.9 Å². The van der Waals surface area contributed by atoms with Crippen LogP contribution in [0, 0.1) is 19.7 Å². The van der Waals surface area contributed by atoms with Gasteiger partial charge in [-0.3, -0.25) is 0 Å². The predicted octanol–water partition coefficient (Wildman–Crippen LogP) is 4.67. The van der Waals surface area contributed by atoms with Gasteiger partial charge in [0.15, 0.2) is 0 Å². The molecule has 18 heavy (non-hydrogen) atoms. The molecule has 0 atom stereocenters. The molecule has 0 saturated heterocycles. The van der Waals surface area contributed by atoms with Crippen molar-refractivity contribution >= 4 is 11.6 Å². The summed E-state index contributed by atoms with van der Waals surface area (Å²) in [6.45, 7) is 4.27. The third kappa shape index (κ3) is 3.02. The van der Waals surface area contributed by atoms with Crippen LogP contribution in [0.5, 0.6) is 5.75 Å². The van der Waals surface area contributed by atoms with Gasteiger partial charge < -0.3 is 4.74 Å². The Kier molecular flexibility index (Phi) is 3.87. The molecule has 0 aliphatic heterocycles. The average molecular weight is 265 g/mol. The van der Waals surface area contributed by atoms with Crippen LogP contribution in [0.15, 0.2) is 36.4 Å². The number of hydrogen-bond donors (Lipinski definition) is 0. The van der Waals surface area contributed by atoms with Crippen molar-refractivity contribution in [1.29, 1.82) is 0 Å². The summed E-state index contributed by atoms with van der Waals surface area (Å²) in [5.74, 6) is 0.486. The zero-order chi connectivity index (χ0) is 13.1. The summed E-state index contributed by atoms with van der Waals surface area (Å²) < 4.78 is 18.8. The monoisotopic (exact) mass is 264 g/mol. The molecular formula is C15H14ClFO. The van der Waals surface area contributed by atoms with Crippen molar-refractivity contribution in [1.82, 2.24) is 0 Å². The molecule has 2 aromatic carbocycles. The summed E-state index contributed by atoms with van der Waals surface area (Å²) in [5.41, 5.74) is 2.89. The molecule has 0 bridgehead atoms. The van der Waals surface area contributed by atoms with E-state index in [9.17, 15) is 4.39 Å². The number of rotatable bonds is 3. The molecule has 0 fully saturated rings. The molecule has 94 valence electrons. The first-order valence-electron chi connectivity index (χ1n) is 5.70. The highest BCUT2D eigenvalue weighted by molar-refractivity contribution is 6.31. The van der Waals surface area contributed by atoms with E-state index in [1.54, 1.807) is 0 Å². The highest BCUT2D eigenvalue weighted by Gasteiger charge is 2.05. The summed E-state index contributed by atoms with van der Waals surface area (Å²) >= 11 is 5.98. The lowest BCUT2D eigenvalue weighted by atomic mass is 10.1. The van der Waals surface area contributed by atoms with Gasteiger partial charge in [0.05, 0.1) is 0 Å². The molecule has 0 aromatic heterocycles. The summed E-state index contributed by atoms with van der Waals surface area (Å²) in [5, 5.41) is 0.515. The van der Waals surface area contributed by atoms with Gasteiger partial charge in [-0.05, 0) is 43.7 Å². The summed E-state index contributed by atoms with van der Waals surface area (Å²) in [6, 6.07) is 10.2. The summed E-state index contributed by atoms with van der Waals surface area (Å²) in [7, 11) is 0. The lowest BCUT2D eigenvalue weighted by Gasteiger charge is -2.10. The Balaban J connectivity index is 2.13. The molecule has 0 amide bonds. The molecule has 0 spiro atoms. The molecule has 0 heterocycles. The molecule has 2 aromatic rings. The first-order valence-corrected chi connectivity index (χ1v) is 6.08. The summed E-state index contributed by atoms with van der Waals surface area (Å²) in [6.07, 6.45) is 0. The zero-order valence-corrected chi connectivity index (χ0v) is 11.1. The zero-order valence-electron chi connectivity index (χ0n) is 10.3. The Labute approximate surface area is 111 Å². The predicted molar refractivity (Wildman–Crippen MR) is 71.7 cm³/mol. The van der Waals surface area contributed by atoms with Gasteiger partial charge in [-0.2, -0.15) is 0 Å². The van der Waals surface area contributed by atoms with Gasteiger partial charge in [0, 0.05) is 10.6 Å². The van der Waals surface area contributed by atoms with Gasteiger partial charge >= 0.3 is 0 Å². The third-order valence-corrected chi connectivity index (χ3v) is 3.09. The first-order chi connectivity index (χ1) is 8.56. The highest BCUT2D eigenvalue weighted by atomic mass is 35.5. The van der Waals surface area contributed by atoms with Gasteiger partial charge in [-0.1, -0.05) is 29.3 Å². The Hall–Kier alpha value is -1.54. The Morgan fingerprint density at radius 2 is 1.89 bits per heavy atom. The fourth-order valence-corrected chi connectivity index (χ4v) is 1.94. The SMILES string of the molecule is Cc1ccc(OCc2cc(F)ccc2Cl)c(C)c1. The average Bonchev–Trinajstić information content (AvgIpc) is 2.32. The van der Waals surface area contributed by atoms with Crippen LogP contribution in [0.25, 0.3) is 0 Å². The van der Waals surface area contributed by atoms with Crippen molar-refractivity contribution in [3.8, 4) is 5.75 Å². The number of ether oxygens (including phenoxy) is 1. The highest BCUT2D eigenvalue weighted by Crippen LogP contribution is 2.23. The number of benzene rings is 2. The van der Waals surface area contributed by atoms with E-state index in [1.165, 1.54) is 23.8 Å². The van der Waals surface area contributed by atoms with Crippen molar-refractivity contribution in [2.45, 2.75) is 20.5 Å². The minimum atomic E-state index is -0.307. The topological polar surface area (TPSA) is 9.23 Å². The van der Waals surface area contributed by atoms with E-state index in [0.29, 0.717) is 10.6 Å². The fourth-order valence-electron chi connectivity index (χ4n) is 1.77. The standard InChI is InChI=1S/C15H14ClFO/c1-10-3-6-15(11(2)7-10)18-9-12-8-13(17)4-5-14(12)16/h3-8H,9H2,1-2H3. The second-order valence-electron chi connectivity index (χ2n) is 4.29.